The number of hydrogen-bond acceptors (Lipinski definition) is 4. The zero-order chi connectivity index (χ0) is 16.7. The fourth-order valence-corrected chi connectivity index (χ4v) is 2.69. The third-order valence-corrected chi connectivity index (χ3v) is 4.45. The number of nitrogens with one attached hydrogen (secondary N) is 1. The molecule has 0 aliphatic carbocycles. The second-order valence-corrected chi connectivity index (χ2v) is 6.23. The molecule has 0 saturated carbocycles. The van der Waals surface area contributed by atoms with Gasteiger partial charge >= 0.3 is 0 Å². The number of rotatable bonds is 6. The summed E-state index contributed by atoms with van der Waals surface area (Å²) in [5.74, 6) is 0.285. The first-order valence-electron chi connectivity index (χ1n) is 8.64. The zero-order valence-electron chi connectivity index (χ0n) is 14.1. The summed E-state index contributed by atoms with van der Waals surface area (Å²) in [7, 11) is 0. The number of carbonyl (C=O) groups excluding carboxylic acids is 2. The summed E-state index contributed by atoms with van der Waals surface area (Å²) in [6.07, 6.45) is 5.83. The lowest BCUT2D eigenvalue weighted by Crippen LogP contribution is -2.35. The maximum Gasteiger partial charge on any atom is 0.289 e. The van der Waals surface area contributed by atoms with Gasteiger partial charge in [0.1, 0.15) is 0 Å². The van der Waals surface area contributed by atoms with Gasteiger partial charge < -0.3 is 14.7 Å². The van der Waals surface area contributed by atoms with Crippen molar-refractivity contribution in [3.8, 4) is 0 Å². The van der Waals surface area contributed by atoms with Crippen LogP contribution >= 0.6 is 0 Å². The molecule has 0 bridgehead atoms. The minimum Gasteiger partial charge on any atom is -0.351 e. The zero-order valence-corrected chi connectivity index (χ0v) is 14.1. The fraction of sp³-hybridized carbons (Fsp3) is 0.706. The molecule has 128 valence electrons. The molecule has 2 heterocycles. The summed E-state index contributed by atoms with van der Waals surface area (Å²) in [4.78, 5) is 26.1. The Balaban J connectivity index is 1.75. The highest BCUT2D eigenvalue weighted by Gasteiger charge is 2.18. The van der Waals surface area contributed by atoms with Crippen LogP contribution in [0.25, 0.3) is 0 Å². The lowest BCUT2D eigenvalue weighted by Gasteiger charge is -2.20. The molecule has 0 spiro atoms. The molecular formula is C17H27N3O3. The van der Waals surface area contributed by atoms with Gasteiger partial charge in [-0.2, -0.15) is 0 Å². The number of nitrogens with zero attached hydrogens (tertiary/aromatic N) is 2. The molecule has 1 aliphatic heterocycles. The second-order valence-electron chi connectivity index (χ2n) is 6.23. The van der Waals surface area contributed by atoms with Crippen molar-refractivity contribution in [2.45, 2.75) is 58.3 Å². The van der Waals surface area contributed by atoms with E-state index in [1.54, 1.807) is 6.07 Å². The van der Waals surface area contributed by atoms with Crippen LogP contribution in [0.4, 0.5) is 0 Å². The number of aromatic nitrogens is 1. The van der Waals surface area contributed by atoms with E-state index in [2.05, 4.69) is 17.4 Å². The lowest BCUT2D eigenvalue weighted by molar-refractivity contribution is -0.131. The highest BCUT2D eigenvalue weighted by molar-refractivity contribution is 5.91. The Bertz CT molecular complexity index is 519. The summed E-state index contributed by atoms with van der Waals surface area (Å²) in [6, 6.07) is 1.68. The number of hydrogen-bond donors (Lipinski definition) is 1. The van der Waals surface area contributed by atoms with Crippen molar-refractivity contribution in [2.75, 3.05) is 19.6 Å². The Morgan fingerprint density at radius 2 is 2.00 bits per heavy atom. The van der Waals surface area contributed by atoms with Gasteiger partial charge in [0.25, 0.3) is 5.91 Å². The molecule has 0 aromatic carbocycles. The van der Waals surface area contributed by atoms with Crippen molar-refractivity contribution < 1.29 is 14.1 Å². The Morgan fingerprint density at radius 3 is 2.65 bits per heavy atom. The van der Waals surface area contributed by atoms with E-state index in [0.717, 1.165) is 38.0 Å². The molecule has 6 heteroatoms. The predicted molar refractivity (Wildman–Crippen MR) is 87.2 cm³/mol. The smallest absolute Gasteiger partial charge is 0.289 e. The fourth-order valence-electron chi connectivity index (χ4n) is 2.69. The van der Waals surface area contributed by atoms with Crippen molar-refractivity contribution in [2.24, 2.45) is 0 Å². The van der Waals surface area contributed by atoms with Crippen molar-refractivity contribution in [1.29, 1.82) is 0 Å². The van der Waals surface area contributed by atoms with Crippen molar-refractivity contribution in [3.63, 3.8) is 0 Å². The number of amides is 2. The minimum absolute atomic E-state index is 0.116. The molecule has 1 unspecified atom stereocenters. The van der Waals surface area contributed by atoms with E-state index in [4.69, 9.17) is 4.52 Å². The molecule has 1 N–H and O–H groups in total. The topological polar surface area (TPSA) is 75.4 Å². The molecule has 6 nitrogen and oxygen atoms in total. The standard InChI is InChI=1S/C17H27N3O3/c1-3-13(2)14-12-15(23-19-14)17(22)18-9-8-16(21)20-10-6-4-5-7-11-20/h12-13H,3-11H2,1-2H3,(H,18,22). The van der Waals surface area contributed by atoms with Gasteiger partial charge in [-0.3, -0.25) is 9.59 Å². The third-order valence-electron chi connectivity index (χ3n) is 4.45. The van der Waals surface area contributed by atoms with Crippen molar-refractivity contribution >= 4 is 11.8 Å². The summed E-state index contributed by atoms with van der Waals surface area (Å²) >= 11 is 0. The molecule has 1 aromatic heterocycles. The molecule has 2 rings (SSSR count). The van der Waals surface area contributed by atoms with Crippen LogP contribution in [-0.4, -0.2) is 41.5 Å². The second kappa shape index (κ2) is 8.70. The van der Waals surface area contributed by atoms with Gasteiger partial charge in [0.15, 0.2) is 0 Å². The van der Waals surface area contributed by atoms with E-state index in [1.807, 2.05) is 11.8 Å². The summed E-state index contributed by atoms with van der Waals surface area (Å²) in [5.41, 5.74) is 0.790. The quantitative estimate of drug-likeness (QED) is 0.874. The molecule has 1 atom stereocenters. The Kier molecular flexibility index (Phi) is 6.62. The normalized spacial score (nSPS) is 16.7. The lowest BCUT2D eigenvalue weighted by atomic mass is 10.1. The monoisotopic (exact) mass is 321 g/mol. The van der Waals surface area contributed by atoms with Crippen LogP contribution in [0.2, 0.25) is 0 Å². The van der Waals surface area contributed by atoms with Gasteiger partial charge in [0.05, 0.1) is 5.69 Å². The van der Waals surface area contributed by atoms with Crippen LogP contribution < -0.4 is 5.32 Å². The van der Waals surface area contributed by atoms with E-state index in [9.17, 15) is 9.59 Å². The van der Waals surface area contributed by atoms with E-state index in [1.165, 1.54) is 12.8 Å². The van der Waals surface area contributed by atoms with Gasteiger partial charge in [-0.15, -0.1) is 0 Å². The van der Waals surface area contributed by atoms with E-state index in [0.29, 0.717) is 13.0 Å². The van der Waals surface area contributed by atoms with Crippen LogP contribution in [0.5, 0.6) is 0 Å². The molecule has 1 aromatic rings. The van der Waals surface area contributed by atoms with Gasteiger partial charge in [-0.1, -0.05) is 31.8 Å². The maximum atomic E-state index is 12.1. The summed E-state index contributed by atoms with van der Waals surface area (Å²) in [5, 5.41) is 6.66. The van der Waals surface area contributed by atoms with Gasteiger partial charge in [0.2, 0.25) is 11.7 Å². The first kappa shape index (κ1) is 17.5. The van der Waals surface area contributed by atoms with Crippen LogP contribution in [0.15, 0.2) is 10.6 Å². The van der Waals surface area contributed by atoms with Gasteiger partial charge in [-0.25, -0.2) is 0 Å². The third kappa shape index (κ3) is 5.08. The molecule has 1 saturated heterocycles. The average Bonchev–Trinajstić information content (AvgIpc) is 2.89. The van der Waals surface area contributed by atoms with E-state index >= 15 is 0 Å². The Morgan fingerprint density at radius 1 is 1.30 bits per heavy atom. The van der Waals surface area contributed by atoms with Crippen molar-refractivity contribution in [1.82, 2.24) is 15.4 Å². The average molecular weight is 321 g/mol. The SMILES string of the molecule is CCC(C)c1cc(C(=O)NCCC(=O)N2CCCCCC2)on1. The highest BCUT2D eigenvalue weighted by atomic mass is 16.5. The predicted octanol–water partition coefficient (Wildman–Crippen LogP) is 2.71. The van der Waals surface area contributed by atoms with Crippen LogP contribution in [-0.2, 0) is 4.79 Å². The number of carbonyl (C=O) groups is 2. The Hall–Kier alpha value is -1.85. The largest absolute Gasteiger partial charge is 0.351 e. The molecule has 1 fully saturated rings. The first-order valence-corrected chi connectivity index (χ1v) is 8.64. The van der Waals surface area contributed by atoms with E-state index < -0.39 is 0 Å². The molecule has 23 heavy (non-hydrogen) atoms. The maximum absolute atomic E-state index is 12.1. The Labute approximate surface area is 137 Å². The van der Waals surface area contributed by atoms with Gasteiger partial charge in [0, 0.05) is 38.0 Å². The molecular weight excluding hydrogens is 294 g/mol. The number of likely N-dealkylation sites (tertiary alicyclic amines) is 1. The van der Waals surface area contributed by atoms with Crippen LogP contribution in [0.3, 0.4) is 0 Å². The molecule has 0 radical (unpaired) electrons. The summed E-state index contributed by atoms with van der Waals surface area (Å²) in [6.45, 7) is 6.11. The minimum atomic E-state index is -0.310. The van der Waals surface area contributed by atoms with Gasteiger partial charge in [-0.05, 0) is 19.3 Å². The van der Waals surface area contributed by atoms with Crippen LogP contribution in [0, 0.1) is 0 Å². The van der Waals surface area contributed by atoms with Crippen LogP contribution in [0.1, 0.15) is 74.5 Å². The summed E-state index contributed by atoms with van der Waals surface area (Å²) < 4.78 is 5.08. The molecule has 2 amide bonds. The first-order chi connectivity index (χ1) is 11.1. The highest BCUT2D eigenvalue weighted by Crippen LogP contribution is 2.18. The van der Waals surface area contributed by atoms with Crippen molar-refractivity contribution in [3.05, 3.63) is 17.5 Å². The van der Waals surface area contributed by atoms with E-state index in [-0.39, 0.29) is 23.5 Å². The molecule has 1 aliphatic rings.